The van der Waals surface area contributed by atoms with Gasteiger partial charge in [-0.25, -0.2) is 0 Å². The van der Waals surface area contributed by atoms with Crippen LogP contribution in [0, 0.1) is 0 Å². The number of amides is 1. The largest absolute Gasteiger partial charge is 0.410 e. The fourth-order valence-corrected chi connectivity index (χ4v) is 3.92. The second-order valence-corrected chi connectivity index (χ2v) is 6.60. The molecule has 1 amide bonds. The fraction of sp³-hybridized carbons (Fsp3) is 0.300. The maximum atomic E-state index is 12.2. The first kappa shape index (κ1) is 15.8. The van der Waals surface area contributed by atoms with E-state index < -0.39 is 0 Å². The Bertz CT molecular complexity index is 859. The Balaban J connectivity index is 1.92. The van der Waals surface area contributed by atoms with E-state index in [-0.39, 0.29) is 11.6 Å². The van der Waals surface area contributed by atoms with E-state index >= 15 is 0 Å². The first-order valence-corrected chi connectivity index (χ1v) is 8.73. The van der Waals surface area contributed by atoms with Crippen molar-refractivity contribution in [1.82, 2.24) is 4.90 Å². The van der Waals surface area contributed by atoms with Crippen LogP contribution in [0.3, 0.4) is 0 Å². The van der Waals surface area contributed by atoms with Crippen LogP contribution in [-0.4, -0.2) is 34.8 Å². The summed E-state index contributed by atoms with van der Waals surface area (Å²) in [6, 6.07) is 12.2. The second-order valence-electron chi connectivity index (χ2n) is 6.60. The van der Waals surface area contributed by atoms with Crippen LogP contribution in [0.25, 0.3) is 11.1 Å². The summed E-state index contributed by atoms with van der Waals surface area (Å²) in [7, 11) is 0. The molecule has 2 heterocycles. The van der Waals surface area contributed by atoms with E-state index in [4.69, 9.17) is 0 Å². The van der Waals surface area contributed by atoms with Crippen LogP contribution in [0.4, 0.5) is 5.69 Å². The van der Waals surface area contributed by atoms with Gasteiger partial charge in [0.25, 0.3) is 5.91 Å². The molecule has 5 nitrogen and oxygen atoms in total. The topological polar surface area (TPSA) is 64.9 Å². The molecule has 0 atom stereocenters. The third-order valence-electron chi connectivity index (χ3n) is 5.04. The number of fused-ring (bicyclic) bond motifs is 3. The van der Waals surface area contributed by atoms with Gasteiger partial charge in [-0.05, 0) is 47.7 Å². The minimum Gasteiger partial charge on any atom is -0.410 e. The zero-order valence-electron chi connectivity index (χ0n) is 14.2. The van der Waals surface area contributed by atoms with Crippen molar-refractivity contribution in [2.45, 2.75) is 26.3 Å². The summed E-state index contributed by atoms with van der Waals surface area (Å²) >= 11 is 0. The number of anilines is 1. The Morgan fingerprint density at radius 2 is 2.00 bits per heavy atom. The standard InChI is InChI=1S/C20H21N3O2/c1-2-9-23-10-8-14-15(13-6-4-3-5-7-13)11-16-18(17(14)12-23)21-20(24)19(16)22-25/h3-7,11,25H,2,8-10,12H2,1H3,(H,21,22,24). The van der Waals surface area contributed by atoms with Crippen LogP contribution in [-0.2, 0) is 17.8 Å². The van der Waals surface area contributed by atoms with Gasteiger partial charge in [-0.2, -0.15) is 0 Å². The number of rotatable bonds is 3. The van der Waals surface area contributed by atoms with Crippen molar-refractivity contribution in [3.63, 3.8) is 0 Å². The first-order chi connectivity index (χ1) is 12.2. The first-order valence-electron chi connectivity index (χ1n) is 8.73. The molecule has 0 aromatic heterocycles. The van der Waals surface area contributed by atoms with Gasteiger partial charge in [0, 0.05) is 18.7 Å². The lowest BCUT2D eigenvalue weighted by molar-refractivity contribution is -0.110. The lowest BCUT2D eigenvalue weighted by Gasteiger charge is -2.31. The zero-order chi connectivity index (χ0) is 17.4. The molecule has 5 heteroatoms. The van der Waals surface area contributed by atoms with Crippen molar-refractivity contribution >= 4 is 17.3 Å². The fourth-order valence-electron chi connectivity index (χ4n) is 3.92. The molecule has 0 radical (unpaired) electrons. The van der Waals surface area contributed by atoms with Crippen LogP contribution in [0.1, 0.15) is 30.0 Å². The Morgan fingerprint density at radius 1 is 1.20 bits per heavy atom. The summed E-state index contributed by atoms with van der Waals surface area (Å²) in [6.07, 6.45) is 2.06. The molecule has 128 valence electrons. The lowest BCUT2D eigenvalue weighted by atomic mass is 9.87. The highest BCUT2D eigenvalue weighted by molar-refractivity contribution is 6.54. The van der Waals surface area contributed by atoms with Crippen LogP contribution in [0.2, 0.25) is 0 Å². The molecule has 0 unspecified atom stereocenters. The number of carbonyl (C=O) groups excluding carboxylic acids is 1. The van der Waals surface area contributed by atoms with Crippen LogP contribution >= 0.6 is 0 Å². The van der Waals surface area contributed by atoms with Gasteiger partial charge in [-0.3, -0.25) is 9.69 Å². The van der Waals surface area contributed by atoms with Crippen molar-refractivity contribution in [2.24, 2.45) is 5.16 Å². The predicted octanol–water partition coefficient (Wildman–Crippen LogP) is 3.25. The summed E-state index contributed by atoms with van der Waals surface area (Å²) in [5.41, 5.74) is 6.31. The van der Waals surface area contributed by atoms with E-state index in [1.807, 2.05) is 24.3 Å². The van der Waals surface area contributed by atoms with Gasteiger partial charge in [-0.1, -0.05) is 42.4 Å². The average molecular weight is 335 g/mol. The Hall–Kier alpha value is -2.66. The van der Waals surface area contributed by atoms with Crippen LogP contribution < -0.4 is 5.32 Å². The van der Waals surface area contributed by atoms with Crippen molar-refractivity contribution in [1.29, 1.82) is 0 Å². The Kier molecular flexibility index (Phi) is 4.01. The number of carbonyl (C=O) groups is 1. The van der Waals surface area contributed by atoms with Crippen LogP contribution in [0.15, 0.2) is 41.6 Å². The molecule has 0 saturated carbocycles. The third kappa shape index (κ3) is 2.61. The highest BCUT2D eigenvalue weighted by Crippen LogP contribution is 2.40. The van der Waals surface area contributed by atoms with Crippen LogP contribution in [0.5, 0.6) is 0 Å². The van der Waals surface area contributed by atoms with Gasteiger partial charge in [0.05, 0.1) is 5.69 Å². The van der Waals surface area contributed by atoms with E-state index in [0.717, 1.165) is 54.9 Å². The zero-order valence-corrected chi connectivity index (χ0v) is 14.2. The molecule has 0 spiro atoms. The molecule has 2 N–H and O–H groups in total. The number of benzene rings is 2. The summed E-state index contributed by atoms with van der Waals surface area (Å²) in [6.45, 7) is 5.05. The maximum Gasteiger partial charge on any atom is 0.278 e. The molecule has 0 bridgehead atoms. The van der Waals surface area contributed by atoms with E-state index in [0.29, 0.717) is 5.56 Å². The SMILES string of the molecule is CCCN1CCc2c(-c3ccccc3)cc3c(c2C1)NC(=O)/C3=N/O. The third-order valence-corrected chi connectivity index (χ3v) is 5.04. The number of nitrogens with zero attached hydrogens (tertiary/aromatic N) is 2. The molecule has 0 fully saturated rings. The van der Waals surface area contributed by atoms with Gasteiger partial charge >= 0.3 is 0 Å². The molecule has 0 aliphatic carbocycles. The molecule has 2 aliphatic rings. The van der Waals surface area contributed by atoms with E-state index in [9.17, 15) is 10.0 Å². The lowest BCUT2D eigenvalue weighted by Crippen LogP contribution is -2.32. The number of nitrogens with one attached hydrogen (secondary N) is 1. The smallest absolute Gasteiger partial charge is 0.278 e. The van der Waals surface area contributed by atoms with E-state index in [1.54, 1.807) is 0 Å². The minimum absolute atomic E-state index is 0.0996. The Morgan fingerprint density at radius 3 is 2.72 bits per heavy atom. The average Bonchev–Trinajstić information content (AvgIpc) is 2.97. The normalized spacial score (nSPS) is 18.1. The highest BCUT2D eigenvalue weighted by atomic mass is 16.4. The minimum atomic E-state index is -0.336. The van der Waals surface area contributed by atoms with Gasteiger partial charge in [-0.15, -0.1) is 0 Å². The van der Waals surface area contributed by atoms with Gasteiger partial charge < -0.3 is 10.5 Å². The molecular weight excluding hydrogens is 314 g/mol. The maximum absolute atomic E-state index is 12.2. The molecule has 2 aromatic carbocycles. The molecule has 2 aromatic rings. The van der Waals surface area contributed by atoms with Crippen molar-refractivity contribution in [2.75, 3.05) is 18.4 Å². The molecule has 0 saturated heterocycles. The molecule has 25 heavy (non-hydrogen) atoms. The van der Waals surface area contributed by atoms with Gasteiger partial charge in [0.1, 0.15) is 0 Å². The monoisotopic (exact) mass is 335 g/mol. The van der Waals surface area contributed by atoms with Crippen molar-refractivity contribution in [3.8, 4) is 11.1 Å². The highest BCUT2D eigenvalue weighted by Gasteiger charge is 2.33. The summed E-state index contributed by atoms with van der Waals surface area (Å²) in [4.78, 5) is 14.6. The quantitative estimate of drug-likeness (QED) is 0.668. The summed E-state index contributed by atoms with van der Waals surface area (Å²) < 4.78 is 0. The van der Waals surface area contributed by atoms with E-state index in [2.05, 4.69) is 34.4 Å². The van der Waals surface area contributed by atoms with E-state index in [1.165, 1.54) is 5.56 Å². The molecule has 4 rings (SSSR count). The molecule has 2 aliphatic heterocycles. The molecular formula is C20H21N3O2. The second kappa shape index (κ2) is 6.33. The summed E-state index contributed by atoms with van der Waals surface area (Å²) in [5, 5.41) is 15.5. The van der Waals surface area contributed by atoms with Crippen molar-refractivity contribution < 1.29 is 10.0 Å². The van der Waals surface area contributed by atoms with Gasteiger partial charge in [0.2, 0.25) is 0 Å². The number of oxime groups is 1. The Labute approximate surface area is 147 Å². The number of hydrogen-bond acceptors (Lipinski definition) is 4. The van der Waals surface area contributed by atoms with Gasteiger partial charge in [0.15, 0.2) is 5.71 Å². The van der Waals surface area contributed by atoms with Crippen molar-refractivity contribution in [3.05, 3.63) is 53.1 Å². The predicted molar refractivity (Wildman–Crippen MR) is 98.1 cm³/mol. The number of hydrogen-bond donors (Lipinski definition) is 2. The summed E-state index contributed by atoms with van der Waals surface area (Å²) in [5.74, 6) is -0.336.